The third kappa shape index (κ3) is 3.14. The second kappa shape index (κ2) is 5.59. The number of hydrogen-bond donors (Lipinski definition) is 1. The van der Waals surface area contributed by atoms with Crippen molar-refractivity contribution in [1.82, 2.24) is 9.97 Å². The Morgan fingerprint density at radius 1 is 1.35 bits per heavy atom. The maximum atomic E-state index is 5.55. The highest BCUT2D eigenvalue weighted by molar-refractivity contribution is 7.71. The van der Waals surface area contributed by atoms with E-state index in [9.17, 15) is 0 Å². The first-order chi connectivity index (χ1) is 8.29. The van der Waals surface area contributed by atoms with Gasteiger partial charge in [-0.1, -0.05) is 25.2 Å². The number of rotatable bonds is 4. The first kappa shape index (κ1) is 11.8. The molecule has 1 N–H and O–H groups in total. The highest BCUT2D eigenvalue weighted by Crippen LogP contribution is 2.20. The Morgan fingerprint density at radius 2 is 2.24 bits per heavy atom. The molecule has 3 nitrogen and oxygen atoms in total. The molecule has 2 aromatic heterocycles. The third-order valence-electron chi connectivity index (χ3n) is 2.27. The molecule has 2 aromatic rings. The van der Waals surface area contributed by atoms with E-state index < -0.39 is 0 Å². The van der Waals surface area contributed by atoms with Gasteiger partial charge in [-0.15, -0.1) is 0 Å². The summed E-state index contributed by atoms with van der Waals surface area (Å²) in [6, 6.07) is 7.71. The van der Waals surface area contributed by atoms with E-state index >= 15 is 0 Å². The van der Waals surface area contributed by atoms with Crippen LogP contribution in [-0.2, 0) is 0 Å². The highest BCUT2D eigenvalue weighted by Gasteiger charge is 2.00. The van der Waals surface area contributed by atoms with Crippen molar-refractivity contribution in [3.8, 4) is 17.0 Å². The topological polar surface area (TPSA) is 37.9 Å². The Balaban J connectivity index is 2.29. The number of aromatic amines is 1. The monoisotopic (exact) mass is 246 g/mol. The van der Waals surface area contributed by atoms with Crippen molar-refractivity contribution in [3.63, 3.8) is 0 Å². The molecule has 88 valence electrons. The summed E-state index contributed by atoms with van der Waals surface area (Å²) >= 11 is 5.10. The van der Waals surface area contributed by atoms with Crippen molar-refractivity contribution < 1.29 is 4.74 Å². The number of ether oxygens (including phenoxy) is 1. The van der Waals surface area contributed by atoms with Crippen LogP contribution in [0.25, 0.3) is 11.3 Å². The van der Waals surface area contributed by atoms with Crippen LogP contribution in [0.4, 0.5) is 0 Å². The van der Waals surface area contributed by atoms with Crippen molar-refractivity contribution >= 4 is 12.2 Å². The van der Waals surface area contributed by atoms with Crippen LogP contribution >= 0.6 is 12.2 Å². The van der Waals surface area contributed by atoms with E-state index in [-0.39, 0.29) is 0 Å². The summed E-state index contributed by atoms with van der Waals surface area (Å²) in [5.74, 6) is 0.785. The Morgan fingerprint density at radius 3 is 3.00 bits per heavy atom. The average molecular weight is 246 g/mol. The zero-order valence-corrected chi connectivity index (χ0v) is 10.5. The molecule has 0 amide bonds. The number of nitrogens with zero attached hydrogens (tertiary/aromatic N) is 1. The third-order valence-corrected chi connectivity index (χ3v) is 2.50. The van der Waals surface area contributed by atoms with E-state index in [2.05, 4.69) is 16.9 Å². The molecule has 2 heterocycles. The summed E-state index contributed by atoms with van der Waals surface area (Å²) in [6.07, 6.45) is 4.49. The smallest absolute Gasteiger partial charge is 0.138 e. The Hall–Kier alpha value is -1.68. The molecule has 0 spiro atoms. The van der Waals surface area contributed by atoms with Crippen LogP contribution in [0.15, 0.2) is 36.7 Å². The van der Waals surface area contributed by atoms with Crippen LogP contribution in [0, 0.1) is 4.64 Å². The molecule has 0 unspecified atom stereocenters. The predicted octanol–water partition coefficient (Wildman–Crippen LogP) is 3.59. The molecule has 0 radical (unpaired) electrons. The van der Waals surface area contributed by atoms with Gasteiger partial charge in [-0.3, -0.25) is 4.98 Å². The van der Waals surface area contributed by atoms with Gasteiger partial charge in [0.1, 0.15) is 10.4 Å². The largest absolute Gasteiger partial charge is 0.492 e. The molecular formula is C13H14N2OS. The lowest BCUT2D eigenvalue weighted by Gasteiger charge is -2.06. The zero-order valence-electron chi connectivity index (χ0n) is 9.64. The van der Waals surface area contributed by atoms with Gasteiger partial charge in [-0.2, -0.15) is 0 Å². The summed E-state index contributed by atoms with van der Waals surface area (Å²) in [7, 11) is 0. The Labute approximate surface area is 105 Å². The molecule has 17 heavy (non-hydrogen) atoms. The summed E-state index contributed by atoms with van der Waals surface area (Å²) < 4.78 is 6.26. The van der Waals surface area contributed by atoms with Crippen molar-refractivity contribution in [2.24, 2.45) is 0 Å². The molecule has 4 heteroatoms. The fraction of sp³-hybridized carbons (Fsp3) is 0.231. The number of H-pyrrole nitrogens is 1. The fourth-order valence-corrected chi connectivity index (χ4v) is 1.67. The van der Waals surface area contributed by atoms with Gasteiger partial charge >= 0.3 is 0 Å². The molecule has 0 aliphatic heterocycles. The molecule has 0 saturated heterocycles. The van der Waals surface area contributed by atoms with Gasteiger partial charge in [-0.05, 0) is 24.6 Å². The highest BCUT2D eigenvalue weighted by atomic mass is 32.1. The predicted molar refractivity (Wildman–Crippen MR) is 70.6 cm³/mol. The zero-order chi connectivity index (χ0) is 12.1. The minimum absolute atomic E-state index is 0.704. The molecule has 0 aliphatic carbocycles. The quantitative estimate of drug-likeness (QED) is 0.838. The number of pyridine rings is 2. The van der Waals surface area contributed by atoms with Crippen molar-refractivity contribution in [3.05, 3.63) is 41.3 Å². The first-order valence-corrected chi connectivity index (χ1v) is 5.98. The maximum Gasteiger partial charge on any atom is 0.138 e. The standard InChI is InChI=1S/C13H14N2OS/c1-2-6-16-11-7-10(8-14-9-11)12-4-3-5-13(17)15-12/h3-5,7-9H,2,6H2,1H3,(H,15,17). The van der Waals surface area contributed by atoms with Gasteiger partial charge in [0, 0.05) is 17.5 Å². The second-order valence-corrected chi connectivity index (χ2v) is 4.13. The molecule has 0 bridgehead atoms. The molecule has 0 aliphatic rings. The van der Waals surface area contributed by atoms with E-state index in [1.807, 2.05) is 24.3 Å². The summed E-state index contributed by atoms with van der Waals surface area (Å²) in [4.78, 5) is 7.29. The van der Waals surface area contributed by atoms with E-state index in [1.165, 1.54) is 0 Å². The van der Waals surface area contributed by atoms with Crippen LogP contribution < -0.4 is 4.74 Å². The van der Waals surface area contributed by atoms with Crippen molar-refractivity contribution in [2.75, 3.05) is 6.61 Å². The fourth-order valence-electron chi connectivity index (χ4n) is 1.48. The molecule has 0 aromatic carbocycles. The van der Waals surface area contributed by atoms with E-state index in [0.717, 1.165) is 23.4 Å². The molecule has 0 atom stereocenters. The molecule has 0 saturated carbocycles. The van der Waals surface area contributed by atoms with E-state index in [4.69, 9.17) is 17.0 Å². The molecular weight excluding hydrogens is 232 g/mol. The average Bonchev–Trinajstić information content (AvgIpc) is 2.37. The normalized spacial score (nSPS) is 10.2. The van der Waals surface area contributed by atoms with Crippen molar-refractivity contribution in [2.45, 2.75) is 13.3 Å². The van der Waals surface area contributed by atoms with Gasteiger partial charge < -0.3 is 9.72 Å². The van der Waals surface area contributed by atoms with Gasteiger partial charge in [0.2, 0.25) is 0 Å². The maximum absolute atomic E-state index is 5.55. The summed E-state index contributed by atoms with van der Waals surface area (Å²) in [6.45, 7) is 2.78. The minimum atomic E-state index is 0.704. The lowest BCUT2D eigenvalue weighted by molar-refractivity contribution is 0.316. The van der Waals surface area contributed by atoms with Gasteiger partial charge in [0.25, 0.3) is 0 Å². The van der Waals surface area contributed by atoms with Crippen LogP contribution in [-0.4, -0.2) is 16.6 Å². The minimum Gasteiger partial charge on any atom is -0.492 e. The molecule has 2 rings (SSSR count). The van der Waals surface area contributed by atoms with Crippen LogP contribution in [0.2, 0.25) is 0 Å². The summed E-state index contributed by atoms with van der Waals surface area (Å²) in [5, 5.41) is 0. The Kier molecular flexibility index (Phi) is 3.88. The van der Waals surface area contributed by atoms with E-state index in [1.54, 1.807) is 12.4 Å². The Bertz CT molecular complexity index is 551. The van der Waals surface area contributed by atoms with Crippen LogP contribution in [0.3, 0.4) is 0 Å². The lowest BCUT2D eigenvalue weighted by atomic mass is 10.2. The number of aromatic nitrogens is 2. The first-order valence-electron chi connectivity index (χ1n) is 5.57. The lowest BCUT2D eigenvalue weighted by Crippen LogP contribution is -1.96. The second-order valence-electron chi connectivity index (χ2n) is 3.69. The molecule has 0 fully saturated rings. The van der Waals surface area contributed by atoms with Gasteiger partial charge in [-0.25, -0.2) is 0 Å². The van der Waals surface area contributed by atoms with Crippen molar-refractivity contribution in [1.29, 1.82) is 0 Å². The SMILES string of the molecule is CCCOc1cncc(-c2cccc(=S)[nH]2)c1. The summed E-state index contributed by atoms with van der Waals surface area (Å²) in [5.41, 5.74) is 1.93. The van der Waals surface area contributed by atoms with Crippen LogP contribution in [0.1, 0.15) is 13.3 Å². The van der Waals surface area contributed by atoms with Crippen LogP contribution in [0.5, 0.6) is 5.75 Å². The number of hydrogen-bond acceptors (Lipinski definition) is 3. The van der Waals surface area contributed by atoms with Gasteiger partial charge in [0.05, 0.1) is 12.8 Å². The number of nitrogens with one attached hydrogen (secondary N) is 1. The van der Waals surface area contributed by atoms with E-state index in [0.29, 0.717) is 11.2 Å². The van der Waals surface area contributed by atoms with Gasteiger partial charge in [0.15, 0.2) is 0 Å².